The monoisotopic (exact) mass is 401 g/mol. The van der Waals surface area contributed by atoms with E-state index in [0.29, 0.717) is 17.3 Å². The summed E-state index contributed by atoms with van der Waals surface area (Å²) in [5.74, 6) is 0.603. The maximum Gasteiger partial charge on any atom is 0.275 e. The summed E-state index contributed by atoms with van der Waals surface area (Å²) in [7, 11) is 0. The van der Waals surface area contributed by atoms with Crippen LogP contribution in [-0.2, 0) is 11.3 Å². The van der Waals surface area contributed by atoms with Crippen LogP contribution in [0.4, 0.5) is 5.69 Å². The number of aromatic nitrogens is 4. The molecule has 2 heterocycles. The van der Waals surface area contributed by atoms with Gasteiger partial charge >= 0.3 is 0 Å². The number of carbonyl (C=O) groups is 1. The van der Waals surface area contributed by atoms with E-state index >= 15 is 0 Å². The highest BCUT2D eigenvalue weighted by molar-refractivity contribution is 5.91. The Hall–Kier alpha value is -3.74. The summed E-state index contributed by atoms with van der Waals surface area (Å²) in [6, 6.07) is 15.0. The predicted molar refractivity (Wildman–Crippen MR) is 117 cm³/mol. The normalized spacial score (nSPS) is 11.1. The lowest BCUT2D eigenvalue weighted by molar-refractivity contribution is -0.116. The summed E-state index contributed by atoms with van der Waals surface area (Å²) in [5.41, 5.74) is 5.14. The van der Waals surface area contributed by atoms with Crippen molar-refractivity contribution in [3.63, 3.8) is 0 Å². The lowest BCUT2D eigenvalue weighted by Crippen LogP contribution is -2.25. The molecule has 0 atom stereocenters. The average Bonchev–Trinajstić information content (AvgIpc) is 3.15. The molecule has 2 aromatic heterocycles. The van der Waals surface area contributed by atoms with Crippen LogP contribution in [0.25, 0.3) is 17.2 Å². The number of nitrogens with one attached hydrogen (secondary N) is 1. The van der Waals surface area contributed by atoms with E-state index in [9.17, 15) is 9.59 Å². The number of fused-ring (bicyclic) bond motifs is 1. The van der Waals surface area contributed by atoms with E-state index in [1.165, 1.54) is 10.6 Å². The number of amides is 1. The number of benzene rings is 2. The molecule has 7 heteroatoms. The molecule has 4 aromatic rings. The number of hydrogen-bond donors (Lipinski definition) is 1. The molecule has 0 unspecified atom stereocenters. The summed E-state index contributed by atoms with van der Waals surface area (Å²) < 4.78 is 2.95. The van der Waals surface area contributed by atoms with Gasteiger partial charge in [0.25, 0.3) is 5.56 Å². The lowest BCUT2D eigenvalue weighted by Gasteiger charge is -2.13. The van der Waals surface area contributed by atoms with Crippen molar-refractivity contribution in [2.75, 3.05) is 5.32 Å². The minimum Gasteiger partial charge on any atom is -0.324 e. The van der Waals surface area contributed by atoms with Gasteiger partial charge in [-0.05, 0) is 50.5 Å². The van der Waals surface area contributed by atoms with Gasteiger partial charge in [0.2, 0.25) is 11.7 Å². The van der Waals surface area contributed by atoms with Crippen molar-refractivity contribution in [2.45, 2.75) is 34.2 Å². The third kappa shape index (κ3) is 3.50. The Labute approximate surface area is 174 Å². The highest BCUT2D eigenvalue weighted by Gasteiger charge is 2.17. The van der Waals surface area contributed by atoms with Gasteiger partial charge in [0.1, 0.15) is 6.54 Å². The van der Waals surface area contributed by atoms with Crippen LogP contribution in [-0.4, -0.2) is 25.1 Å². The van der Waals surface area contributed by atoms with Crippen LogP contribution in [0.1, 0.15) is 22.4 Å². The van der Waals surface area contributed by atoms with E-state index in [-0.39, 0.29) is 18.0 Å². The number of anilines is 1. The molecular weight excluding hydrogens is 378 g/mol. The van der Waals surface area contributed by atoms with Crippen LogP contribution < -0.4 is 10.9 Å². The van der Waals surface area contributed by atoms with Crippen LogP contribution in [0.15, 0.2) is 53.3 Å². The van der Waals surface area contributed by atoms with Gasteiger partial charge in [0.05, 0.1) is 0 Å². The molecule has 0 aliphatic carbocycles. The molecule has 0 aliphatic rings. The second-order valence-corrected chi connectivity index (χ2v) is 7.47. The van der Waals surface area contributed by atoms with Gasteiger partial charge in [-0.2, -0.15) is 9.50 Å². The number of rotatable bonds is 4. The van der Waals surface area contributed by atoms with E-state index < -0.39 is 0 Å². The standard InChI is InChI=1S/C23H23N5O2/c1-14-9-7-11-19(17(14)4)24-20(29)13-27-16(3)12-21(30)28-23(27)25-22(26-28)18-10-6-5-8-15(18)2/h5-12H,13H2,1-4H3,(H,24,29). The second-order valence-electron chi connectivity index (χ2n) is 7.47. The van der Waals surface area contributed by atoms with Crippen molar-refractivity contribution in [3.05, 3.63) is 81.3 Å². The van der Waals surface area contributed by atoms with Crippen LogP contribution in [0, 0.1) is 27.7 Å². The Balaban J connectivity index is 1.73. The molecule has 152 valence electrons. The van der Waals surface area contributed by atoms with Crippen LogP contribution >= 0.6 is 0 Å². The molecule has 30 heavy (non-hydrogen) atoms. The molecule has 0 radical (unpaired) electrons. The second kappa shape index (κ2) is 7.59. The third-order valence-electron chi connectivity index (χ3n) is 5.36. The first-order valence-corrected chi connectivity index (χ1v) is 9.74. The van der Waals surface area contributed by atoms with E-state index in [1.54, 1.807) is 11.5 Å². The summed E-state index contributed by atoms with van der Waals surface area (Å²) >= 11 is 0. The molecule has 4 rings (SSSR count). The van der Waals surface area contributed by atoms with Gasteiger partial charge in [0.15, 0.2) is 5.82 Å². The first-order valence-electron chi connectivity index (χ1n) is 9.74. The van der Waals surface area contributed by atoms with E-state index in [1.807, 2.05) is 63.2 Å². The number of nitrogens with zero attached hydrogens (tertiary/aromatic N) is 4. The van der Waals surface area contributed by atoms with Gasteiger partial charge in [0, 0.05) is 23.0 Å². The lowest BCUT2D eigenvalue weighted by atomic mass is 10.1. The fraction of sp³-hybridized carbons (Fsp3) is 0.217. The van der Waals surface area contributed by atoms with Crippen LogP contribution in [0.3, 0.4) is 0 Å². The van der Waals surface area contributed by atoms with Gasteiger partial charge < -0.3 is 9.88 Å². The zero-order chi connectivity index (χ0) is 21.4. The Kier molecular flexibility index (Phi) is 4.95. The largest absolute Gasteiger partial charge is 0.324 e. The predicted octanol–water partition coefficient (Wildman–Crippen LogP) is 3.43. The van der Waals surface area contributed by atoms with Gasteiger partial charge in [-0.15, -0.1) is 5.10 Å². The maximum atomic E-state index is 12.8. The molecule has 1 amide bonds. The zero-order valence-electron chi connectivity index (χ0n) is 17.4. The van der Waals surface area contributed by atoms with Crippen LogP contribution in [0.2, 0.25) is 0 Å². The van der Waals surface area contributed by atoms with E-state index in [0.717, 1.165) is 27.9 Å². The molecule has 0 saturated heterocycles. The Morgan fingerprint density at radius 3 is 2.50 bits per heavy atom. The van der Waals surface area contributed by atoms with E-state index in [2.05, 4.69) is 15.4 Å². The van der Waals surface area contributed by atoms with Crippen molar-refractivity contribution < 1.29 is 4.79 Å². The average molecular weight is 401 g/mol. The Morgan fingerprint density at radius 2 is 1.73 bits per heavy atom. The first kappa shape index (κ1) is 19.6. The maximum absolute atomic E-state index is 12.8. The minimum absolute atomic E-state index is 0.0227. The van der Waals surface area contributed by atoms with E-state index in [4.69, 9.17) is 0 Å². The summed E-state index contributed by atoms with van der Waals surface area (Å²) in [6.45, 7) is 7.75. The summed E-state index contributed by atoms with van der Waals surface area (Å²) in [6.07, 6.45) is 0. The third-order valence-corrected chi connectivity index (χ3v) is 5.36. The highest BCUT2D eigenvalue weighted by atomic mass is 16.2. The van der Waals surface area contributed by atoms with Crippen molar-refractivity contribution in [1.82, 2.24) is 19.2 Å². The quantitative estimate of drug-likeness (QED) is 0.568. The SMILES string of the molecule is Cc1ccccc1-c1nc2n(CC(=O)Nc3cccc(C)c3C)c(C)cc(=O)n2n1. The molecule has 0 saturated carbocycles. The van der Waals surface area contributed by atoms with Crippen molar-refractivity contribution in [3.8, 4) is 11.4 Å². The molecule has 1 N–H and O–H groups in total. The zero-order valence-corrected chi connectivity index (χ0v) is 17.4. The molecule has 0 bridgehead atoms. The fourth-order valence-corrected chi connectivity index (χ4v) is 3.46. The number of aryl methyl sites for hydroxylation is 3. The topological polar surface area (TPSA) is 81.3 Å². The van der Waals surface area contributed by atoms with Gasteiger partial charge in [-0.3, -0.25) is 9.59 Å². The number of hydrogen-bond acceptors (Lipinski definition) is 4. The molecule has 7 nitrogen and oxygen atoms in total. The van der Waals surface area contributed by atoms with Crippen molar-refractivity contribution >= 4 is 17.4 Å². The molecule has 0 aliphatic heterocycles. The number of carbonyl (C=O) groups excluding carboxylic acids is 1. The first-order chi connectivity index (χ1) is 14.3. The summed E-state index contributed by atoms with van der Waals surface area (Å²) in [5, 5.41) is 7.36. The highest BCUT2D eigenvalue weighted by Crippen LogP contribution is 2.21. The van der Waals surface area contributed by atoms with Crippen molar-refractivity contribution in [1.29, 1.82) is 0 Å². The molecule has 2 aromatic carbocycles. The Morgan fingerprint density at radius 1 is 1.00 bits per heavy atom. The Bertz CT molecular complexity index is 1330. The van der Waals surface area contributed by atoms with Gasteiger partial charge in [-0.1, -0.05) is 36.4 Å². The molecular formula is C23H23N5O2. The molecule has 0 spiro atoms. The minimum atomic E-state index is -0.277. The van der Waals surface area contributed by atoms with Gasteiger partial charge in [-0.25, -0.2) is 0 Å². The van der Waals surface area contributed by atoms with Crippen LogP contribution in [0.5, 0.6) is 0 Å². The summed E-state index contributed by atoms with van der Waals surface area (Å²) in [4.78, 5) is 29.9. The molecule has 0 fully saturated rings. The van der Waals surface area contributed by atoms with Crippen molar-refractivity contribution in [2.24, 2.45) is 0 Å². The fourth-order valence-electron chi connectivity index (χ4n) is 3.46. The smallest absolute Gasteiger partial charge is 0.275 e.